The summed E-state index contributed by atoms with van der Waals surface area (Å²) >= 11 is 0. The van der Waals surface area contributed by atoms with E-state index in [1.165, 1.54) is 12.1 Å². The zero-order valence-electron chi connectivity index (χ0n) is 15.6. The molecule has 0 aliphatic heterocycles. The Bertz CT molecular complexity index is 700. The molecular formula is C20H28FN3O2. The molecule has 1 heterocycles. The second-order valence-electron chi connectivity index (χ2n) is 6.83. The molecule has 0 aliphatic carbocycles. The molecule has 0 spiro atoms. The Hall–Kier alpha value is -2.21. The minimum atomic E-state index is -0.286. The van der Waals surface area contributed by atoms with E-state index in [2.05, 4.69) is 5.16 Å². The second-order valence-corrected chi connectivity index (χ2v) is 6.83. The SMILES string of the molecule is CC(N)CCC(=O)N(C)CCCCCc1cc(-c2cccc(F)c2)no1. The fourth-order valence-corrected chi connectivity index (χ4v) is 2.71. The summed E-state index contributed by atoms with van der Waals surface area (Å²) in [4.78, 5) is 13.7. The number of unbranched alkanes of at least 4 members (excludes halogenated alkanes) is 2. The largest absolute Gasteiger partial charge is 0.361 e. The number of benzene rings is 1. The smallest absolute Gasteiger partial charge is 0.222 e. The number of halogens is 1. The number of carbonyl (C=O) groups is 1. The van der Waals surface area contributed by atoms with Gasteiger partial charge in [0.05, 0.1) is 0 Å². The Kier molecular flexibility index (Phi) is 7.78. The minimum absolute atomic E-state index is 0.0616. The molecule has 1 atom stereocenters. The minimum Gasteiger partial charge on any atom is -0.361 e. The standard InChI is InChI=1S/C20H28FN3O2/c1-15(22)10-11-20(25)24(2)12-5-3-4-9-18-14-19(23-26-18)16-7-6-8-17(21)13-16/h6-8,13-15H,3-5,9-12,22H2,1-2H3. The van der Waals surface area contributed by atoms with E-state index in [0.717, 1.165) is 44.4 Å². The Labute approximate surface area is 154 Å². The lowest BCUT2D eigenvalue weighted by Crippen LogP contribution is -2.29. The highest BCUT2D eigenvalue weighted by molar-refractivity contribution is 5.75. The average molecular weight is 361 g/mol. The predicted octanol–water partition coefficient (Wildman–Crippen LogP) is 3.78. The maximum absolute atomic E-state index is 13.3. The first-order valence-electron chi connectivity index (χ1n) is 9.17. The highest BCUT2D eigenvalue weighted by atomic mass is 19.1. The molecular weight excluding hydrogens is 333 g/mol. The van der Waals surface area contributed by atoms with Crippen LogP contribution in [0.1, 0.15) is 44.8 Å². The van der Waals surface area contributed by atoms with Gasteiger partial charge in [-0.05, 0) is 38.3 Å². The lowest BCUT2D eigenvalue weighted by atomic mass is 10.1. The fourth-order valence-electron chi connectivity index (χ4n) is 2.71. The van der Waals surface area contributed by atoms with E-state index in [1.807, 2.05) is 26.1 Å². The third kappa shape index (κ3) is 6.59. The van der Waals surface area contributed by atoms with Crippen LogP contribution in [-0.2, 0) is 11.2 Å². The van der Waals surface area contributed by atoms with Crippen molar-refractivity contribution in [2.75, 3.05) is 13.6 Å². The van der Waals surface area contributed by atoms with Gasteiger partial charge in [0.25, 0.3) is 0 Å². The molecule has 1 aromatic heterocycles. The van der Waals surface area contributed by atoms with Crippen LogP contribution in [0, 0.1) is 5.82 Å². The zero-order chi connectivity index (χ0) is 18.9. The Balaban J connectivity index is 1.67. The summed E-state index contributed by atoms with van der Waals surface area (Å²) in [5.41, 5.74) is 7.05. The molecule has 0 saturated carbocycles. The summed E-state index contributed by atoms with van der Waals surface area (Å²) in [7, 11) is 1.84. The molecule has 6 heteroatoms. The summed E-state index contributed by atoms with van der Waals surface area (Å²) in [5.74, 6) is 0.662. The van der Waals surface area contributed by atoms with Crippen LogP contribution < -0.4 is 5.73 Å². The van der Waals surface area contributed by atoms with Gasteiger partial charge in [-0.1, -0.05) is 23.7 Å². The number of aromatic nitrogens is 1. The number of nitrogens with two attached hydrogens (primary N) is 1. The number of nitrogens with zero attached hydrogens (tertiary/aromatic N) is 2. The number of carbonyl (C=O) groups excluding carboxylic acids is 1. The maximum atomic E-state index is 13.3. The van der Waals surface area contributed by atoms with Gasteiger partial charge < -0.3 is 15.2 Å². The van der Waals surface area contributed by atoms with Crippen molar-refractivity contribution in [1.29, 1.82) is 0 Å². The highest BCUT2D eigenvalue weighted by Crippen LogP contribution is 2.21. The lowest BCUT2D eigenvalue weighted by molar-refractivity contribution is -0.130. The van der Waals surface area contributed by atoms with Crippen LogP contribution >= 0.6 is 0 Å². The van der Waals surface area contributed by atoms with E-state index in [1.54, 1.807) is 11.0 Å². The van der Waals surface area contributed by atoms with Gasteiger partial charge in [-0.25, -0.2) is 4.39 Å². The molecule has 2 aromatic rings. The first kappa shape index (κ1) is 20.1. The molecule has 0 aliphatic rings. The molecule has 0 fully saturated rings. The normalized spacial score (nSPS) is 12.2. The molecule has 0 bridgehead atoms. The Morgan fingerprint density at radius 1 is 1.31 bits per heavy atom. The summed E-state index contributed by atoms with van der Waals surface area (Å²) in [6.45, 7) is 2.67. The van der Waals surface area contributed by atoms with Gasteiger partial charge in [0.1, 0.15) is 17.3 Å². The third-order valence-electron chi connectivity index (χ3n) is 4.34. The third-order valence-corrected chi connectivity index (χ3v) is 4.34. The van der Waals surface area contributed by atoms with Crippen LogP contribution in [-0.4, -0.2) is 35.6 Å². The van der Waals surface area contributed by atoms with Gasteiger partial charge in [-0.15, -0.1) is 0 Å². The van der Waals surface area contributed by atoms with Crippen LogP contribution in [0.3, 0.4) is 0 Å². The van der Waals surface area contributed by atoms with E-state index in [-0.39, 0.29) is 17.8 Å². The van der Waals surface area contributed by atoms with E-state index in [0.29, 0.717) is 17.7 Å². The van der Waals surface area contributed by atoms with Gasteiger partial charge in [0.15, 0.2) is 0 Å². The molecule has 1 aromatic carbocycles. The number of hydrogen-bond acceptors (Lipinski definition) is 4. The van der Waals surface area contributed by atoms with Crippen molar-refractivity contribution in [2.45, 2.75) is 51.5 Å². The molecule has 2 rings (SSSR count). The lowest BCUT2D eigenvalue weighted by Gasteiger charge is -2.17. The molecule has 142 valence electrons. The van der Waals surface area contributed by atoms with Crippen molar-refractivity contribution < 1.29 is 13.7 Å². The molecule has 2 N–H and O–H groups in total. The van der Waals surface area contributed by atoms with Crippen molar-refractivity contribution >= 4 is 5.91 Å². The molecule has 1 amide bonds. The Morgan fingerprint density at radius 3 is 2.85 bits per heavy atom. The monoisotopic (exact) mass is 361 g/mol. The second kappa shape index (κ2) is 10.1. The van der Waals surface area contributed by atoms with Crippen LogP contribution in [0.5, 0.6) is 0 Å². The van der Waals surface area contributed by atoms with Gasteiger partial charge in [-0.2, -0.15) is 0 Å². The van der Waals surface area contributed by atoms with Crippen LogP contribution in [0.25, 0.3) is 11.3 Å². The summed E-state index contributed by atoms with van der Waals surface area (Å²) in [6.07, 6.45) is 4.92. The maximum Gasteiger partial charge on any atom is 0.222 e. The van der Waals surface area contributed by atoms with Gasteiger partial charge in [0, 0.05) is 44.1 Å². The molecule has 26 heavy (non-hydrogen) atoms. The first-order chi connectivity index (χ1) is 12.5. The first-order valence-corrected chi connectivity index (χ1v) is 9.17. The number of rotatable bonds is 10. The van der Waals surface area contributed by atoms with E-state index in [4.69, 9.17) is 10.3 Å². The number of aryl methyl sites for hydroxylation is 1. The van der Waals surface area contributed by atoms with Gasteiger partial charge >= 0.3 is 0 Å². The van der Waals surface area contributed by atoms with Crippen LogP contribution in [0.15, 0.2) is 34.9 Å². The predicted molar refractivity (Wildman–Crippen MR) is 100.0 cm³/mol. The van der Waals surface area contributed by atoms with Crippen molar-refractivity contribution in [3.8, 4) is 11.3 Å². The van der Waals surface area contributed by atoms with Crippen molar-refractivity contribution in [2.24, 2.45) is 5.73 Å². The summed E-state index contributed by atoms with van der Waals surface area (Å²) in [5, 5.41) is 4.01. The van der Waals surface area contributed by atoms with Gasteiger partial charge in [-0.3, -0.25) is 4.79 Å². The molecule has 5 nitrogen and oxygen atoms in total. The quantitative estimate of drug-likeness (QED) is 0.654. The number of amides is 1. The topological polar surface area (TPSA) is 72.4 Å². The average Bonchev–Trinajstić information content (AvgIpc) is 3.08. The van der Waals surface area contributed by atoms with Crippen molar-refractivity contribution in [3.63, 3.8) is 0 Å². The highest BCUT2D eigenvalue weighted by Gasteiger charge is 2.10. The van der Waals surface area contributed by atoms with E-state index in [9.17, 15) is 9.18 Å². The fraction of sp³-hybridized carbons (Fsp3) is 0.500. The molecule has 0 saturated heterocycles. The summed E-state index contributed by atoms with van der Waals surface area (Å²) < 4.78 is 18.6. The Morgan fingerprint density at radius 2 is 2.12 bits per heavy atom. The van der Waals surface area contributed by atoms with E-state index < -0.39 is 0 Å². The van der Waals surface area contributed by atoms with Crippen LogP contribution in [0.4, 0.5) is 4.39 Å². The van der Waals surface area contributed by atoms with Gasteiger partial charge in [0.2, 0.25) is 5.91 Å². The number of hydrogen-bond donors (Lipinski definition) is 1. The van der Waals surface area contributed by atoms with Crippen molar-refractivity contribution in [3.05, 3.63) is 41.9 Å². The van der Waals surface area contributed by atoms with E-state index >= 15 is 0 Å². The zero-order valence-corrected chi connectivity index (χ0v) is 15.6. The van der Waals surface area contributed by atoms with Crippen molar-refractivity contribution in [1.82, 2.24) is 10.1 Å². The summed E-state index contributed by atoms with van der Waals surface area (Å²) in [6, 6.07) is 8.24. The molecule has 0 radical (unpaired) electrons. The molecule has 1 unspecified atom stereocenters. The van der Waals surface area contributed by atoms with Crippen LogP contribution in [0.2, 0.25) is 0 Å².